The Morgan fingerprint density at radius 1 is 1.08 bits per heavy atom. The molecule has 2 rings (SSSR count). The van der Waals surface area contributed by atoms with Crippen LogP contribution >= 0.6 is 0 Å². The number of nitrogens with one attached hydrogen (secondary N) is 1. The highest BCUT2D eigenvalue weighted by Gasteiger charge is 2.05. The Morgan fingerprint density at radius 2 is 1.80 bits per heavy atom. The molecule has 0 radical (unpaired) electrons. The van der Waals surface area contributed by atoms with E-state index in [9.17, 15) is 4.79 Å². The van der Waals surface area contributed by atoms with E-state index in [0.29, 0.717) is 6.42 Å². The highest BCUT2D eigenvalue weighted by molar-refractivity contribution is 5.82. The molecule has 4 heteroatoms. The maximum Gasteiger partial charge on any atom is 0.240 e. The highest BCUT2D eigenvalue weighted by Crippen LogP contribution is 2.17. The van der Waals surface area contributed by atoms with Crippen LogP contribution in [0.2, 0.25) is 0 Å². The Bertz CT molecular complexity index is 665. The van der Waals surface area contributed by atoms with E-state index in [4.69, 9.17) is 0 Å². The molecule has 0 atom stereocenters. The van der Waals surface area contributed by atoms with Gasteiger partial charge in [0.05, 0.1) is 6.21 Å². The summed E-state index contributed by atoms with van der Waals surface area (Å²) in [4.78, 5) is 13.8. The molecule has 132 valence electrons. The second-order valence-electron chi connectivity index (χ2n) is 5.99. The lowest BCUT2D eigenvalue weighted by Crippen LogP contribution is -2.21. The van der Waals surface area contributed by atoms with Gasteiger partial charge in [-0.05, 0) is 36.6 Å². The molecule has 2 aromatic carbocycles. The Hall–Kier alpha value is -2.62. The molecule has 1 amide bonds. The summed E-state index contributed by atoms with van der Waals surface area (Å²) in [6, 6.07) is 18.7. The number of anilines is 1. The molecule has 0 fully saturated rings. The van der Waals surface area contributed by atoms with E-state index < -0.39 is 0 Å². The van der Waals surface area contributed by atoms with Crippen LogP contribution in [-0.4, -0.2) is 18.7 Å². The first-order valence-corrected chi connectivity index (χ1v) is 8.93. The molecule has 0 aromatic heterocycles. The number of hydrogen-bond donors (Lipinski definition) is 1. The lowest BCUT2D eigenvalue weighted by Gasteiger charge is -2.23. The first kappa shape index (κ1) is 18.7. The van der Waals surface area contributed by atoms with E-state index in [2.05, 4.69) is 65.7 Å². The van der Waals surface area contributed by atoms with Crippen molar-refractivity contribution >= 4 is 17.8 Å². The zero-order valence-corrected chi connectivity index (χ0v) is 15.1. The monoisotopic (exact) mass is 337 g/mol. The maximum absolute atomic E-state index is 11.5. The Balaban J connectivity index is 1.92. The van der Waals surface area contributed by atoms with Crippen LogP contribution in [0.25, 0.3) is 0 Å². The van der Waals surface area contributed by atoms with Crippen LogP contribution in [0.4, 0.5) is 5.69 Å². The second kappa shape index (κ2) is 10.3. The van der Waals surface area contributed by atoms with Crippen LogP contribution in [-0.2, 0) is 11.3 Å². The Labute approximate surface area is 150 Å². The minimum absolute atomic E-state index is 0.0326. The SMILES string of the molecule is CCCCC(=O)N/N=C/c1ccc(N(CC)Cc2ccccc2)cc1. The van der Waals surface area contributed by atoms with Gasteiger partial charge in [0.25, 0.3) is 0 Å². The standard InChI is InChI=1S/C21H27N3O/c1-3-5-11-21(25)23-22-16-18-12-14-20(15-13-18)24(4-2)17-19-9-7-6-8-10-19/h6-10,12-16H,3-5,11,17H2,1-2H3,(H,23,25)/b22-16+. The van der Waals surface area contributed by atoms with Gasteiger partial charge < -0.3 is 4.90 Å². The molecule has 0 unspecified atom stereocenters. The van der Waals surface area contributed by atoms with E-state index in [1.165, 1.54) is 11.3 Å². The van der Waals surface area contributed by atoms with Crippen molar-refractivity contribution in [1.82, 2.24) is 5.43 Å². The molecule has 0 aliphatic heterocycles. The third-order valence-electron chi connectivity index (χ3n) is 4.02. The predicted molar refractivity (Wildman–Crippen MR) is 105 cm³/mol. The summed E-state index contributed by atoms with van der Waals surface area (Å²) >= 11 is 0. The minimum Gasteiger partial charge on any atom is -0.367 e. The van der Waals surface area contributed by atoms with E-state index in [1.807, 2.05) is 18.2 Å². The molecule has 0 saturated heterocycles. The van der Waals surface area contributed by atoms with Crippen LogP contribution in [0.5, 0.6) is 0 Å². The van der Waals surface area contributed by atoms with Gasteiger partial charge in [-0.2, -0.15) is 5.10 Å². The van der Waals surface area contributed by atoms with Gasteiger partial charge >= 0.3 is 0 Å². The van der Waals surface area contributed by atoms with Gasteiger partial charge in [-0.15, -0.1) is 0 Å². The van der Waals surface area contributed by atoms with Crippen molar-refractivity contribution in [2.24, 2.45) is 5.10 Å². The summed E-state index contributed by atoms with van der Waals surface area (Å²) in [6.45, 7) is 6.05. The molecule has 0 heterocycles. The van der Waals surface area contributed by atoms with Gasteiger partial charge in [-0.3, -0.25) is 4.79 Å². The predicted octanol–water partition coefficient (Wildman–Crippen LogP) is 4.35. The van der Waals surface area contributed by atoms with Gasteiger partial charge in [0.15, 0.2) is 0 Å². The van der Waals surface area contributed by atoms with E-state index in [-0.39, 0.29) is 5.91 Å². The van der Waals surface area contributed by atoms with Gasteiger partial charge in [0, 0.05) is 25.2 Å². The van der Waals surface area contributed by atoms with Crippen LogP contribution in [0, 0.1) is 0 Å². The fraction of sp³-hybridized carbons (Fsp3) is 0.333. The first-order chi connectivity index (χ1) is 12.2. The van der Waals surface area contributed by atoms with Crippen molar-refractivity contribution in [1.29, 1.82) is 0 Å². The molecule has 25 heavy (non-hydrogen) atoms. The summed E-state index contributed by atoms with van der Waals surface area (Å²) in [7, 11) is 0. The van der Waals surface area contributed by atoms with Gasteiger partial charge in [0.2, 0.25) is 5.91 Å². The molecule has 0 bridgehead atoms. The average molecular weight is 337 g/mol. The summed E-state index contributed by atoms with van der Waals surface area (Å²) in [5.41, 5.74) is 6.01. The molecule has 0 aliphatic rings. The van der Waals surface area contributed by atoms with Crippen molar-refractivity contribution in [3.05, 3.63) is 65.7 Å². The third-order valence-corrected chi connectivity index (χ3v) is 4.02. The second-order valence-corrected chi connectivity index (χ2v) is 5.99. The number of hydrazone groups is 1. The normalized spacial score (nSPS) is 10.8. The fourth-order valence-electron chi connectivity index (χ4n) is 2.53. The minimum atomic E-state index is -0.0326. The number of benzene rings is 2. The Kier molecular flexibility index (Phi) is 7.70. The topological polar surface area (TPSA) is 44.7 Å². The van der Waals surface area contributed by atoms with E-state index >= 15 is 0 Å². The van der Waals surface area contributed by atoms with E-state index in [0.717, 1.165) is 31.5 Å². The van der Waals surface area contributed by atoms with Crippen LogP contribution in [0.1, 0.15) is 44.2 Å². The maximum atomic E-state index is 11.5. The van der Waals surface area contributed by atoms with Crippen LogP contribution in [0.15, 0.2) is 59.7 Å². The number of amides is 1. The van der Waals surface area contributed by atoms with Crippen molar-refractivity contribution < 1.29 is 4.79 Å². The van der Waals surface area contributed by atoms with Crippen molar-refractivity contribution in [2.45, 2.75) is 39.7 Å². The van der Waals surface area contributed by atoms with E-state index in [1.54, 1.807) is 6.21 Å². The number of carbonyl (C=O) groups is 1. The molecule has 4 nitrogen and oxygen atoms in total. The summed E-state index contributed by atoms with van der Waals surface area (Å²) in [6.07, 6.45) is 4.11. The molecular weight excluding hydrogens is 310 g/mol. The molecule has 1 N–H and O–H groups in total. The quantitative estimate of drug-likeness (QED) is 0.546. The lowest BCUT2D eigenvalue weighted by atomic mass is 10.1. The van der Waals surface area contributed by atoms with Crippen LogP contribution < -0.4 is 10.3 Å². The Morgan fingerprint density at radius 3 is 2.44 bits per heavy atom. The smallest absolute Gasteiger partial charge is 0.240 e. The first-order valence-electron chi connectivity index (χ1n) is 8.93. The number of unbranched alkanes of at least 4 members (excludes halogenated alkanes) is 1. The van der Waals surface area contributed by atoms with Crippen molar-refractivity contribution in [2.75, 3.05) is 11.4 Å². The molecule has 2 aromatic rings. The summed E-state index contributed by atoms with van der Waals surface area (Å²) < 4.78 is 0. The zero-order chi connectivity index (χ0) is 17.9. The van der Waals surface area contributed by atoms with Crippen molar-refractivity contribution in [3.63, 3.8) is 0 Å². The van der Waals surface area contributed by atoms with Gasteiger partial charge in [-0.1, -0.05) is 55.8 Å². The lowest BCUT2D eigenvalue weighted by molar-refractivity contribution is -0.121. The summed E-state index contributed by atoms with van der Waals surface area (Å²) in [5, 5.41) is 4.02. The number of hydrogen-bond acceptors (Lipinski definition) is 3. The number of nitrogens with zero attached hydrogens (tertiary/aromatic N) is 2. The average Bonchev–Trinajstić information content (AvgIpc) is 2.66. The number of carbonyl (C=O) groups excluding carboxylic acids is 1. The van der Waals surface area contributed by atoms with Gasteiger partial charge in [0.1, 0.15) is 0 Å². The molecular formula is C21H27N3O. The molecule has 0 aliphatic carbocycles. The largest absolute Gasteiger partial charge is 0.367 e. The summed E-state index contributed by atoms with van der Waals surface area (Å²) in [5.74, 6) is -0.0326. The molecule has 0 spiro atoms. The fourth-order valence-corrected chi connectivity index (χ4v) is 2.53. The third kappa shape index (κ3) is 6.42. The number of rotatable bonds is 9. The highest BCUT2D eigenvalue weighted by atomic mass is 16.2. The zero-order valence-electron chi connectivity index (χ0n) is 15.1. The molecule has 0 saturated carbocycles. The van der Waals surface area contributed by atoms with Crippen molar-refractivity contribution in [3.8, 4) is 0 Å². The van der Waals surface area contributed by atoms with Crippen LogP contribution in [0.3, 0.4) is 0 Å². The van der Waals surface area contributed by atoms with Gasteiger partial charge in [-0.25, -0.2) is 5.43 Å².